The Balaban J connectivity index is 3.12. The van der Waals surface area contributed by atoms with E-state index in [4.69, 9.17) is 11.5 Å². The van der Waals surface area contributed by atoms with Crippen molar-refractivity contribution < 1.29 is 17.6 Å². The lowest BCUT2D eigenvalue weighted by molar-refractivity contribution is -0.116. The number of nitrogens with one attached hydrogen (secondary N) is 1. The highest BCUT2D eigenvalue weighted by Gasteiger charge is 2.22. The number of sulfonamides is 1. The third-order valence-electron chi connectivity index (χ3n) is 1.70. The topological polar surface area (TPSA) is 115 Å². The zero-order valence-corrected chi connectivity index (χ0v) is 8.92. The molecule has 1 rings (SSSR count). The number of rotatable bonds is 4. The molecule has 0 saturated heterocycles. The summed E-state index contributed by atoms with van der Waals surface area (Å²) in [6.07, 6.45) is 0. The van der Waals surface area contributed by atoms with E-state index in [1.165, 1.54) is 12.1 Å². The summed E-state index contributed by atoms with van der Waals surface area (Å²) in [6.45, 7) is -0.615. The first-order chi connectivity index (χ1) is 7.34. The molecule has 6 nitrogen and oxygen atoms in total. The Labute approximate surface area is 91.5 Å². The van der Waals surface area contributed by atoms with Crippen molar-refractivity contribution >= 4 is 21.6 Å². The Hall–Kier alpha value is -1.67. The van der Waals surface area contributed by atoms with Crippen molar-refractivity contribution in [2.75, 3.05) is 12.3 Å². The number of nitrogens with two attached hydrogens (primary N) is 2. The molecule has 88 valence electrons. The molecule has 0 aliphatic carbocycles. The van der Waals surface area contributed by atoms with Gasteiger partial charge >= 0.3 is 0 Å². The van der Waals surface area contributed by atoms with Gasteiger partial charge in [0.25, 0.3) is 0 Å². The number of hydrogen-bond donors (Lipinski definition) is 3. The molecular formula is C8H10FN3O3S. The van der Waals surface area contributed by atoms with Gasteiger partial charge in [0.15, 0.2) is 0 Å². The van der Waals surface area contributed by atoms with Crippen molar-refractivity contribution in [2.24, 2.45) is 5.73 Å². The highest BCUT2D eigenvalue weighted by atomic mass is 32.2. The highest BCUT2D eigenvalue weighted by Crippen LogP contribution is 2.20. The van der Waals surface area contributed by atoms with E-state index in [1.54, 1.807) is 0 Å². The normalized spacial score (nSPS) is 11.3. The van der Waals surface area contributed by atoms with Crippen LogP contribution >= 0.6 is 0 Å². The third kappa shape index (κ3) is 2.67. The fourth-order valence-corrected chi connectivity index (χ4v) is 2.23. The molecule has 0 bridgehead atoms. The Kier molecular flexibility index (Phi) is 3.45. The van der Waals surface area contributed by atoms with E-state index >= 15 is 0 Å². The Morgan fingerprint density at radius 3 is 2.56 bits per heavy atom. The predicted molar refractivity (Wildman–Crippen MR) is 55.2 cm³/mol. The molecule has 0 saturated carbocycles. The van der Waals surface area contributed by atoms with Crippen LogP contribution < -0.4 is 16.2 Å². The molecular weight excluding hydrogens is 237 g/mol. The maximum absolute atomic E-state index is 13.3. The average molecular weight is 247 g/mol. The molecule has 8 heteroatoms. The second-order valence-electron chi connectivity index (χ2n) is 2.95. The van der Waals surface area contributed by atoms with E-state index in [-0.39, 0.29) is 5.69 Å². The Bertz CT molecular complexity index is 495. The van der Waals surface area contributed by atoms with Crippen LogP contribution in [0.1, 0.15) is 0 Å². The summed E-state index contributed by atoms with van der Waals surface area (Å²) >= 11 is 0. The average Bonchev–Trinajstić information content (AvgIpc) is 2.14. The largest absolute Gasteiger partial charge is 0.398 e. The Morgan fingerprint density at radius 1 is 1.44 bits per heavy atom. The highest BCUT2D eigenvalue weighted by molar-refractivity contribution is 7.89. The first-order valence-corrected chi connectivity index (χ1v) is 5.65. The van der Waals surface area contributed by atoms with Gasteiger partial charge in [-0.3, -0.25) is 4.79 Å². The lowest BCUT2D eigenvalue weighted by atomic mass is 10.3. The van der Waals surface area contributed by atoms with Gasteiger partial charge in [-0.2, -0.15) is 0 Å². The summed E-state index contributed by atoms with van der Waals surface area (Å²) in [5, 5.41) is 0. The second-order valence-corrected chi connectivity index (χ2v) is 4.65. The van der Waals surface area contributed by atoms with Crippen LogP contribution in [-0.4, -0.2) is 20.9 Å². The van der Waals surface area contributed by atoms with Crippen molar-refractivity contribution in [2.45, 2.75) is 4.90 Å². The summed E-state index contributed by atoms with van der Waals surface area (Å²) in [5.41, 5.74) is 9.86. The number of anilines is 1. The Morgan fingerprint density at radius 2 is 2.06 bits per heavy atom. The third-order valence-corrected chi connectivity index (χ3v) is 3.20. The van der Waals surface area contributed by atoms with Gasteiger partial charge in [0.2, 0.25) is 15.9 Å². The molecule has 1 amide bonds. The molecule has 0 spiro atoms. The minimum absolute atomic E-state index is 0.239. The minimum Gasteiger partial charge on any atom is -0.398 e. The molecule has 0 fully saturated rings. The molecule has 5 N–H and O–H groups in total. The molecule has 0 unspecified atom stereocenters. The maximum atomic E-state index is 13.3. The fraction of sp³-hybridized carbons (Fsp3) is 0.125. The van der Waals surface area contributed by atoms with Crippen molar-refractivity contribution in [3.05, 3.63) is 24.0 Å². The van der Waals surface area contributed by atoms with Gasteiger partial charge in [0.05, 0.1) is 12.2 Å². The summed E-state index contributed by atoms with van der Waals surface area (Å²) in [5.74, 6) is -1.87. The second kappa shape index (κ2) is 4.45. The predicted octanol–water partition coefficient (Wildman–Crippen LogP) is -0.828. The van der Waals surface area contributed by atoms with E-state index in [1.807, 2.05) is 4.72 Å². The van der Waals surface area contributed by atoms with Crippen LogP contribution in [0, 0.1) is 5.82 Å². The van der Waals surface area contributed by atoms with E-state index in [9.17, 15) is 17.6 Å². The summed E-state index contributed by atoms with van der Waals surface area (Å²) < 4.78 is 38.2. The fourth-order valence-electron chi connectivity index (χ4n) is 1.05. The maximum Gasteiger partial charge on any atom is 0.246 e. The quantitative estimate of drug-likeness (QED) is 0.602. The standard InChI is InChI=1S/C8H10FN3O3S/c9-5-2-1-3-6(10)8(5)16(14,15)12-4-7(11)13/h1-3,12H,4,10H2,(H2,11,13). The van der Waals surface area contributed by atoms with E-state index in [2.05, 4.69) is 0 Å². The van der Waals surface area contributed by atoms with Crippen LogP contribution in [-0.2, 0) is 14.8 Å². The zero-order valence-electron chi connectivity index (χ0n) is 8.10. The molecule has 0 aliphatic heterocycles. The summed E-state index contributed by atoms with van der Waals surface area (Å²) in [4.78, 5) is 9.73. The van der Waals surface area contributed by atoms with Crippen LogP contribution in [0.15, 0.2) is 23.1 Å². The van der Waals surface area contributed by atoms with E-state index in [0.717, 1.165) is 6.07 Å². The van der Waals surface area contributed by atoms with Gasteiger partial charge in [-0.25, -0.2) is 17.5 Å². The first kappa shape index (κ1) is 12.4. The van der Waals surface area contributed by atoms with Crippen molar-refractivity contribution in [1.29, 1.82) is 0 Å². The number of carbonyl (C=O) groups excluding carboxylic acids is 1. The van der Waals surface area contributed by atoms with Gasteiger partial charge in [-0.15, -0.1) is 0 Å². The van der Waals surface area contributed by atoms with Crippen molar-refractivity contribution in [1.82, 2.24) is 4.72 Å². The lowest BCUT2D eigenvalue weighted by Gasteiger charge is -2.08. The van der Waals surface area contributed by atoms with Gasteiger partial charge in [-0.1, -0.05) is 6.07 Å². The molecule has 1 aromatic rings. The molecule has 0 aromatic heterocycles. The summed E-state index contributed by atoms with van der Waals surface area (Å²) in [7, 11) is -4.17. The zero-order chi connectivity index (χ0) is 12.3. The van der Waals surface area contributed by atoms with Gasteiger partial charge in [-0.05, 0) is 12.1 Å². The first-order valence-electron chi connectivity index (χ1n) is 4.16. The lowest BCUT2D eigenvalue weighted by Crippen LogP contribution is -2.34. The molecule has 16 heavy (non-hydrogen) atoms. The van der Waals surface area contributed by atoms with Crippen molar-refractivity contribution in [3.63, 3.8) is 0 Å². The number of primary amides is 1. The molecule has 1 aromatic carbocycles. The summed E-state index contributed by atoms with van der Waals surface area (Å²) in [6, 6.07) is 3.47. The molecule has 0 atom stereocenters. The monoisotopic (exact) mass is 247 g/mol. The number of benzene rings is 1. The number of carbonyl (C=O) groups is 1. The number of amides is 1. The van der Waals surface area contributed by atoms with E-state index < -0.39 is 33.2 Å². The smallest absolute Gasteiger partial charge is 0.246 e. The number of halogens is 1. The van der Waals surface area contributed by atoms with Crippen LogP contribution in [0.25, 0.3) is 0 Å². The van der Waals surface area contributed by atoms with Crippen LogP contribution in [0.4, 0.5) is 10.1 Å². The molecule has 0 heterocycles. The van der Waals surface area contributed by atoms with Crippen LogP contribution in [0.5, 0.6) is 0 Å². The number of nitrogen functional groups attached to an aromatic ring is 1. The van der Waals surface area contributed by atoms with Gasteiger partial charge < -0.3 is 11.5 Å². The van der Waals surface area contributed by atoms with Gasteiger partial charge in [0.1, 0.15) is 10.7 Å². The molecule has 0 radical (unpaired) electrons. The van der Waals surface area contributed by atoms with E-state index in [0.29, 0.717) is 0 Å². The number of hydrogen-bond acceptors (Lipinski definition) is 4. The molecule has 0 aliphatic rings. The van der Waals surface area contributed by atoms with Crippen LogP contribution in [0.2, 0.25) is 0 Å². The van der Waals surface area contributed by atoms with Crippen molar-refractivity contribution in [3.8, 4) is 0 Å². The minimum atomic E-state index is -4.17. The van der Waals surface area contributed by atoms with Gasteiger partial charge in [0, 0.05) is 0 Å². The van der Waals surface area contributed by atoms with Crippen LogP contribution in [0.3, 0.4) is 0 Å². The SMILES string of the molecule is NC(=O)CNS(=O)(=O)c1c(N)cccc1F.